The van der Waals surface area contributed by atoms with Gasteiger partial charge >= 0.3 is 5.97 Å². The van der Waals surface area contributed by atoms with Gasteiger partial charge in [-0.05, 0) is 18.6 Å². The van der Waals surface area contributed by atoms with Crippen LogP contribution in [0, 0.1) is 0 Å². The average molecular weight is 217 g/mol. The Bertz CT molecular complexity index is 561. The molecule has 0 saturated carbocycles. The fourth-order valence-corrected chi connectivity index (χ4v) is 2.08. The van der Waals surface area contributed by atoms with Gasteiger partial charge in [0.15, 0.2) is 0 Å². The van der Waals surface area contributed by atoms with Crippen LogP contribution in [0.3, 0.4) is 0 Å². The zero-order valence-corrected chi connectivity index (χ0v) is 8.55. The summed E-state index contributed by atoms with van der Waals surface area (Å²) in [5.74, 6) is -0.168. The van der Waals surface area contributed by atoms with E-state index in [4.69, 9.17) is 5.11 Å². The van der Waals surface area contributed by atoms with Crippen molar-refractivity contribution < 1.29 is 9.90 Å². The number of carboxylic acid groups (broad SMARTS) is 1. The molecular weight excluding hydrogens is 206 g/mol. The topological polar surface area (TPSA) is 67.1 Å². The normalized spacial score (nSPS) is 19.1. The van der Waals surface area contributed by atoms with Gasteiger partial charge in [0.1, 0.15) is 6.04 Å². The van der Waals surface area contributed by atoms with Crippen LogP contribution >= 0.6 is 0 Å². The highest BCUT2D eigenvalue weighted by molar-refractivity contribution is 5.82. The molecule has 5 nitrogen and oxygen atoms in total. The summed E-state index contributed by atoms with van der Waals surface area (Å²) in [6.45, 7) is 0.694. The number of para-hydroxylation sites is 2. The van der Waals surface area contributed by atoms with Crippen LogP contribution in [0.5, 0.6) is 0 Å². The predicted molar refractivity (Wildman–Crippen MR) is 59.4 cm³/mol. The number of hydrogen-bond acceptors (Lipinski definition) is 3. The Morgan fingerprint density at radius 2 is 2.31 bits per heavy atom. The number of nitrogens with zero attached hydrogens (tertiary/aromatic N) is 2. The molecule has 1 atom stereocenters. The van der Waals surface area contributed by atoms with Crippen LogP contribution in [0.25, 0.3) is 11.0 Å². The number of fused-ring (bicyclic) bond motifs is 3. The quantitative estimate of drug-likeness (QED) is 0.755. The summed E-state index contributed by atoms with van der Waals surface area (Å²) in [6.07, 6.45) is 0.586. The fourth-order valence-electron chi connectivity index (χ4n) is 2.08. The molecule has 0 amide bonds. The molecule has 2 N–H and O–H groups in total. The van der Waals surface area contributed by atoms with E-state index in [-0.39, 0.29) is 0 Å². The predicted octanol–water partition coefficient (Wildman–Crippen LogP) is 1.31. The molecule has 0 bridgehead atoms. The molecule has 3 rings (SSSR count). The SMILES string of the molecule is O=C(O)C1CCn2c(nc3ccccc32)N1. The number of aryl methyl sites for hydroxylation is 1. The number of benzene rings is 1. The largest absolute Gasteiger partial charge is 0.480 e. The Labute approximate surface area is 91.7 Å². The number of aliphatic carboxylic acids is 1. The molecule has 1 aromatic heterocycles. The number of carboxylic acids is 1. The third-order valence-corrected chi connectivity index (χ3v) is 2.90. The lowest BCUT2D eigenvalue weighted by Gasteiger charge is -2.22. The first-order valence-electron chi connectivity index (χ1n) is 5.20. The number of carbonyl (C=O) groups is 1. The second-order valence-electron chi connectivity index (χ2n) is 3.90. The highest BCUT2D eigenvalue weighted by Crippen LogP contribution is 2.24. The third kappa shape index (κ3) is 1.25. The zero-order chi connectivity index (χ0) is 11.1. The van der Waals surface area contributed by atoms with Crippen molar-refractivity contribution in [2.75, 3.05) is 5.32 Å². The molecule has 0 saturated heterocycles. The van der Waals surface area contributed by atoms with E-state index in [2.05, 4.69) is 10.3 Å². The molecule has 2 heterocycles. The smallest absolute Gasteiger partial charge is 0.326 e. The molecule has 1 aliphatic rings. The lowest BCUT2D eigenvalue weighted by atomic mass is 10.2. The summed E-state index contributed by atoms with van der Waals surface area (Å²) < 4.78 is 2.02. The van der Waals surface area contributed by atoms with Crippen molar-refractivity contribution >= 4 is 23.0 Å². The van der Waals surface area contributed by atoms with Gasteiger partial charge in [-0.1, -0.05) is 12.1 Å². The van der Waals surface area contributed by atoms with Gasteiger partial charge in [0.25, 0.3) is 0 Å². The zero-order valence-electron chi connectivity index (χ0n) is 8.55. The molecule has 0 radical (unpaired) electrons. The number of nitrogens with one attached hydrogen (secondary N) is 1. The number of rotatable bonds is 1. The number of imidazole rings is 1. The number of anilines is 1. The van der Waals surface area contributed by atoms with Gasteiger partial charge in [-0.2, -0.15) is 0 Å². The summed E-state index contributed by atoms with van der Waals surface area (Å²) in [5.41, 5.74) is 1.95. The molecule has 0 aliphatic carbocycles. The lowest BCUT2D eigenvalue weighted by Crippen LogP contribution is -2.35. The van der Waals surface area contributed by atoms with Gasteiger partial charge in [-0.3, -0.25) is 0 Å². The van der Waals surface area contributed by atoms with E-state index in [0.717, 1.165) is 11.0 Å². The lowest BCUT2D eigenvalue weighted by molar-refractivity contribution is -0.138. The molecule has 1 aliphatic heterocycles. The standard InChI is InChI=1S/C11H11N3O2/c15-10(16)8-5-6-14-9-4-2-1-3-7(9)12-11(14)13-8/h1-4,8H,5-6H2,(H,12,13)(H,15,16). The molecule has 1 aromatic carbocycles. The molecule has 5 heteroatoms. The van der Waals surface area contributed by atoms with Crippen LogP contribution < -0.4 is 5.32 Å². The fraction of sp³-hybridized carbons (Fsp3) is 0.273. The van der Waals surface area contributed by atoms with Gasteiger partial charge in [0.2, 0.25) is 5.95 Å². The maximum Gasteiger partial charge on any atom is 0.326 e. The number of aromatic nitrogens is 2. The van der Waals surface area contributed by atoms with E-state index in [0.29, 0.717) is 18.9 Å². The Kier molecular flexibility index (Phi) is 1.86. The maximum atomic E-state index is 10.9. The Morgan fingerprint density at radius 3 is 3.12 bits per heavy atom. The first-order valence-corrected chi connectivity index (χ1v) is 5.20. The molecule has 1 unspecified atom stereocenters. The van der Waals surface area contributed by atoms with Crippen molar-refractivity contribution in [3.8, 4) is 0 Å². The van der Waals surface area contributed by atoms with Crippen molar-refractivity contribution in [3.63, 3.8) is 0 Å². The summed E-state index contributed by atoms with van der Waals surface area (Å²) in [7, 11) is 0. The Hall–Kier alpha value is -2.04. The Balaban J connectivity index is 2.09. The van der Waals surface area contributed by atoms with Crippen molar-refractivity contribution in [1.29, 1.82) is 0 Å². The van der Waals surface area contributed by atoms with Crippen LogP contribution in [-0.4, -0.2) is 26.7 Å². The maximum absolute atomic E-state index is 10.9. The molecule has 2 aromatic rings. The van der Waals surface area contributed by atoms with Gasteiger partial charge in [-0.25, -0.2) is 9.78 Å². The van der Waals surface area contributed by atoms with Gasteiger partial charge in [-0.15, -0.1) is 0 Å². The van der Waals surface area contributed by atoms with Crippen LogP contribution in [0.4, 0.5) is 5.95 Å². The molecular formula is C11H11N3O2. The first kappa shape index (κ1) is 9.21. The third-order valence-electron chi connectivity index (χ3n) is 2.90. The monoisotopic (exact) mass is 217 g/mol. The average Bonchev–Trinajstić information content (AvgIpc) is 2.66. The van der Waals surface area contributed by atoms with Gasteiger partial charge in [0, 0.05) is 6.54 Å². The summed E-state index contributed by atoms with van der Waals surface area (Å²) in [6, 6.07) is 7.29. The van der Waals surface area contributed by atoms with Gasteiger partial charge < -0.3 is 15.0 Å². The van der Waals surface area contributed by atoms with Crippen molar-refractivity contribution in [2.24, 2.45) is 0 Å². The van der Waals surface area contributed by atoms with Crippen LogP contribution in [0.15, 0.2) is 24.3 Å². The van der Waals surface area contributed by atoms with E-state index >= 15 is 0 Å². The van der Waals surface area contributed by atoms with E-state index < -0.39 is 12.0 Å². The highest BCUT2D eigenvalue weighted by atomic mass is 16.4. The Morgan fingerprint density at radius 1 is 1.50 bits per heavy atom. The van der Waals surface area contributed by atoms with Crippen molar-refractivity contribution in [2.45, 2.75) is 19.0 Å². The van der Waals surface area contributed by atoms with Crippen LogP contribution in [0.1, 0.15) is 6.42 Å². The first-order chi connectivity index (χ1) is 7.75. The minimum absolute atomic E-state index is 0.524. The summed E-state index contributed by atoms with van der Waals surface area (Å²) >= 11 is 0. The summed E-state index contributed by atoms with van der Waals surface area (Å²) in [4.78, 5) is 15.3. The second kappa shape index (κ2) is 3.23. The van der Waals surface area contributed by atoms with E-state index in [9.17, 15) is 4.79 Å². The minimum Gasteiger partial charge on any atom is -0.480 e. The molecule has 0 spiro atoms. The van der Waals surface area contributed by atoms with E-state index in [1.165, 1.54) is 0 Å². The van der Waals surface area contributed by atoms with Crippen LogP contribution in [0.2, 0.25) is 0 Å². The van der Waals surface area contributed by atoms with Crippen LogP contribution in [-0.2, 0) is 11.3 Å². The minimum atomic E-state index is -0.821. The van der Waals surface area contributed by atoms with Crippen molar-refractivity contribution in [3.05, 3.63) is 24.3 Å². The number of hydrogen-bond donors (Lipinski definition) is 2. The molecule has 82 valence electrons. The van der Waals surface area contributed by atoms with E-state index in [1.54, 1.807) is 0 Å². The van der Waals surface area contributed by atoms with Crippen molar-refractivity contribution in [1.82, 2.24) is 9.55 Å². The second-order valence-corrected chi connectivity index (χ2v) is 3.90. The van der Waals surface area contributed by atoms with Gasteiger partial charge in [0.05, 0.1) is 11.0 Å². The van der Waals surface area contributed by atoms with E-state index in [1.807, 2.05) is 28.8 Å². The summed E-state index contributed by atoms with van der Waals surface area (Å²) in [5, 5.41) is 11.9. The molecule has 0 fully saturated rings. The highest BCUT2D eigenvalue weighted by Gasteiger charge is 2.25. The molecule has 16 heavy (non-hydrogen) atoms.